The Morgan fingerprint density at radius 2 is 1.75 bits per heavy atom. The molecule has 0 aromatic rings. The van der Waals surface area contributed by atoms with Gasteiger partial charge in [0.1, 0.15) is 0 Å². The van der Waals surface area contributed by atoms with Crippen molar-refractivity contribution < 1.29 is 0 Å². The highest BCUT2D eigenvalue weighted by atomic mass is 15.1. The van der Waals surface area contributed by atoms with E-state index < -0.39 is 0 Å². The minimum Gasteiger partial charge on any atom is -0.311 e. The Hall–Kier alpha value is -0.0800. The molecule has 0 aromatic carbocycles. The molecule has 1 aliphatic rings. The van der Waals surface area contributed by atoms with Crippen molar-refractivity contribution in [1.82, 2.24) is 10.2 Å². The molecule has 1 aliphatic carbocycles. The monoisotopic (exact) mass is 282 g/mol. The van der Waals surface area contributed by atoms with Crippen LogP contribution in [0.25, 0.3) is 0 Å². The Balaban J connectivity index is 2.64. The minimum atomic E-state index is 0.229. The van der Waals surface area contributed by atoms with Gasteiger partial charge in [0.15, 0.2) is 0 Å². The molecule has 2 heteroatoms. The van der Waals surface area contributed by atoms with Gasteiger partial charge in [-0.1, -0.05) is 33.6 Å². The van der Waals surface area contributed by atoms with E-state index in [4.69, 9.17) is 0 Å². The van der Waals surface area contributed by atoms with Crippen LogP contribution in [0.4, 0.5) is 0 Å². The van der Waals surface area contributed by atoms with Gasteiger partial charge in [-0.05, 0) is 57.9 Å². The van der Waals surface area contributed by atoms with Gasteiger partial charge in [0.05, 0.1) is 0 Å². The van der Waals surface area contributed by atoms with Crippen molar-refractivity contribution in [1.29, 1.82) is 0 Å². The molecule has 2 nitrogen and oxygen atoms in total. The van der Waals surface area contributed by atoms with Crippen molar-refractivity contribution >= 4 is 0 Å². The molecular formula is C18H38N2. The fourth-order valence-corrected chi connectivity index (χ4v) is 3.48. The molecular weight excluding hydrogens is 244 g/mol. The number of hydrogen-bond acceptors (Lipinski definition) is 2. The van der Waals surface area contributed by atoms with Crippen molar-refractivity contribution in [3.8, 4) is 0 Å². The van der Waals surface area contributed by atoms with Gasteiger partial charge in [-0.25, -0.2) is 0 Å². The van der Waals surface area contributed by atoms with Gasteiger partial charge < -0.3 is 10.2 Å². The topological polar surface area (TPSA) is 15.3 Å². The largest absolute Gasteiger partial charge is 0.311 e. The molecule has 1 saturated carbocycles. The third kappa shape index (κ3) is 6.58. The predicted molar refractivity (Wildman–Crippen MR) is 90.2 cm³/mol. The van der Waals surface area contributed by atoms with Crippen LogP contribution in [0, 0.1) is 17.3 Å². The van der Waals surface area contributed by atoms with Gasteiger partial charge in [-0.15, -0.1) is 0 Å². The number of rotatable bonds is 6. The summed E-state index contributed by atoms with van der Waals surface area (Å²) in [5, 5.41) is 3.78. The van der Waals surface area contributed by atoms with Crippen molar-refractivity contribution in [3.63, 3.8) is 0 Å². The molecule has 0 bridgehead atoms. The zero-order valence-electron chi connectivity index (χ0n) is 15.1. The Morgan fingerprint density at radius 3 is 2.20 bits per heavy atom. The maximum atomic E-state index is 3.78. The van der Waals surface area contributed by atoms with Gasteiger partial charge in [-0.3, -0.25) is 0 Å². The number of hydrogen-bond donors (Lipinski definition) is 1. The Labute approximate surface area is 127 Å². The van der Waals surface area contributed by atoms with Gasteiger partial charge in [0.25, 0.3) is 0 Å². The number of nitrogens with one attached hydrogen (secondary N) is 1. The van der Waals surface area contributed by atoms with Gasteiger partial charge in [-0.2, -0.15) is 0 Å². The molecule has 0 aliphatic heterocycles. The molecule has 0 amide bonds. The van der Waals surface area contributed by atoms with Crippen molar-refractivity contribution in [2.24, 2.45) is 17.3 Å². The summed E-state index contributed by atoms with van der Waals surface area (Å²) in [6.45, 7) is 17.5. The standard InChI is InChI=1S/C18H38N2/c1-15(2)12-20(7)14-18(13-19-17(4,5)6)10-8-16(3)9-11-18/h15-16,19H,8-14H2,1-7H3. The van der Waals surface area contributed by atoms with Crippen molar-refractivity contribution in [2.75, 3.05) is 26.7 Å². The van der Waals surface area contributed by atoms with E-state index in [1.165, 1.54) is 45.3 Å². The van der Waals surface area contributed by atoms with Crippen LogP contribution in [0.15, 0.2) is 0 Å². The normalized spacial score (nSPS) is 28.4. The Bertz CT molecular complexity index is 270. The molecule has 0 aromatic heterocycles. The molecule has 0 atom stereocenters. The maximum Gasteiger partial charge on any atom is 0.00967 e. The first-order chi connectivity index (χ1) is 9.12. The van der Waals surface area contributed by atoms with Crippen molar-refractivity contribution in [3.05, 3.63) is 0 Å². The van der Waals surface area contributed by atoms with Crippen LogP contribution in [-0.4, -0.2) is 37.1 Å². The van der Waals surface area contributed by atoms with Crippen LogP contribution in [0.3, 0.4) is 0 Å². The minimum absolute atomic E-state index is 0.229. The first-order valence-electron chi connectivity index (χ1n) is 8.55. The quantitative estimate of drug-likeness (QED) is 0.787. The molecule has 0 saturated heterocycles. The smallest absolute Gasteiger partial charge is 0.00967 e. The predicted octanol–water partition coefficient (Wildman–Crippen LogP) is 4.16. The Morgan fingerprint density at radius 1 is 1.20 bits per heavy atom. The molecule has 0 radical (unpaired) electrons. The number of nitrogens with zero attached hydrogens (tertiary/aromatic N) is 1. The maximum absolute atomic E-state index is 3.78. The molecule has 120 valence electrons. The van der Waals surface area contributed by atoms with Crippen LogP contribution < -0.4 is 5.32 Å². The third-order valence-electron chi connectivity index (χ3n) is 4.61. The molecule has 20 heavy (non-hydrogen) atoms. The molecule has 0 unspecified atom stereocenters. The third-order valence-corrected chi connectivity index (χ3v) is 4.61. The highest BCUT2D eigenvalue weighted by molar-refractivity contribution is 4.90. The molecule has 0 spiro atoms. The summed E-state index contributed by atoms with van der Waals surface area (Å²) in [4.78, 5) is 2.56. The SMILES string of the molecule is CC(C)CN(C)CC1(CNC(C)(C)C)CCC(C)CC1. The highest BCUT2D eigenvalue weighted by Gasteiger charge is 2.35. The fourth-order valence-electron chi connectivity index (χ4n) is 3.48. The van der Waals surface area contributed by atoms with Gasteiger partial charge in [0.2, 0.25) is 0 Å². The second kappa shape index (κ2) is 7.26. The summed E-state index contributed by atoms with van der Waals surface area (Å²) in [5.41, 5.74) is 0.718. The lowest BCUT2D eigenvalue weighted by Crippen LogP contribution is -2.50. The molecule has 1 rings (SSSR count). The van der Waals surface area contributed by atoms with E-state index in [2.05, 4.69) is 58.8 Å². The summed E-state index contributed by atoms with van der Waals surface area (Å²) in [6, 6.07) is 0. The lowest BCUT2D eigenvalue weighted by Gasteiger charge is -2.44. The van der Waals surface area contributed by atoms with Crippen LogP contribution in [0.5, 0.6) is 0 Å². The molecule has 1 fully saturated rings. The lowest BCUT2D eigenvalue weighted by molar-refractivity contribution is 0.0867. The Kier molecular flexibility index (Phi) is 6.53. The van der Waals surface area contributed by atoms with Crippen LogP contribution >= 0.6 is 0 Å². The average Bonchev–Trinajstić information content (AvgIpc) is 2.28. The fraction of sp³-hybridized carbons (Fsp3) is 1.00. The lowest BCUT2D eigenvalue weighted by atomic mass is 9.70. The van der Waals surface area contributed by atoms with Gasteiger partial charge >= 0.3 is 0 Å². The summed E-state index contributed by atoms with van der Waals surface area (Å²) < 4.78 is 0. The van der Waals surface area contributed by atoms with E-state index in [0.717, 1.165) is 11.8 Å². The van der Waals surface area contributed by atoms with Crippen LogP contribution in [0.2, 0.25) is 0 Å². The summed E-state index contributed by atoms with van der Waals surface area (Å²) in [6.07, 6.45) is 5.59. The van der Waals surface area contributed by atoms with Crippen LogP contribution in [-0.2, 0) is 0 Å². The van der Waals surface area contributed by atoms with E-state index >= 15 is 0 Å². The first kappa shape index (κ1) is 18.0. The van der Waals surface area contributed by atoms with E-state index in [1.54, 1.807) is 0 Å². The molecule has 0 heterocycles. The molecule has 1 N–H and O–H groups in total. The van der Waals surface area contributed by atoms with Gasteiger partial charge in [0, 0.05) is 25.2 Å². The summed E-state index contributed by atoms with van der Waals surface area (Å²) >= 11 is 0. The van der Waals surface area contributed by atoms with Crippen LogP contribution in [0.1, 0.15) is 67.2 Å². The van der Waals surface area contributed by atoms with E-state index in [0.29, 0.717) is 5.41 Å². The average molecular weight is 283 g/mol. The van der Waals surface area contributed by atoms with E-state index in [9.17, 15) is 0 Å². The second-order valence-electron chi connectivity index (χ2n) is 8.88. The zero-order chi connectivity index (χ0) is 15.4. The highest BCUT2D eigenvalue weighted by Crippen LogP contribution is 2.39. The first-order valence-corrected chi connectivity index (χ1v) is 8.55. The second-order valence-corrected chi connectivity index (χ2v) is 8.88. The van der Waals surface area contributed by atoms with E-state index in [-0.39, 0.29) is 5.54 Å². The zero-order valence-corrected chi connectivity index (χ0v) is 15.1. The van der Waals surface area contributed by atoms with E-state index in [1.807, 2.05) is 0 Å². The van der Waals surface area contributed by atoms with Crippen molar-refractivity contribution in [2.45, 2.75) is 72.8 Å². The summed E-state index contributed by atoms with van der Waals surface area (Å²) in [5.74, 6) is 1.68. The summed E-state index contributed by atoms with van der Waals surface area (Å²) in [7, 11) is 2.30.